The van der Waals surface area contributed by atoms with Crippen LogP contribution in [-0.4, -0.2) is 42.8 Å². The predicted octanol–water partition coefficient (Wildman–Crippen LogP) is 3.03. The van der Waals surface area contributed by atoms with Gasteiger partial charge in [-0.2, -0.15) is 0 Å². The van der Waals surface area contributed by atoms with Crippen molar-refractivity contribution < 1.29 is 4.74 Å². The van der Waals surface area contributed by atoms with Crippen LogP contribution in [-0.2, 0) is 4.74 Å². The van der Waals surface area contributed by atoms with E-state index in [1.54, 1.807) is 0 Å². The van der Waals surface area contributed by atoms with E-state index in [-0.39, 0.29) is 0 Å². The van der Waals surface area contributed by atoms with E-state index in [9.17, 15) is 0 Å². The van der Waals surface area contributed by atoms with Crippen molar-refractivity contribution in [1.82, 2.24) is 4.90 Å². The van der Waals surface area contributed by atoms with Crippen LogP contribution in [0.3, 0.4) is 0 Å². The molecule has 118 valence electrons. The van der Waals surface area contributed by atoms with Crippen molar-refractivity contribution in [2.45, 2.75) is 78.0 Å². The van der Waals surface area contributed by atoms with E-state index in [4.69, 9.17) is 10.5 Å². The van der Waals surface area contributed by atoms with Gasteiger partial charge in [-0.1, -0.05) is 27.2 Å². The second-order valence-electron chi connectivity index (χ2n) is 7.61. The summed E-state index contributed by atoms with van der Waals surface area (Å²) >= 11 is 0. The maximum Gasteiger partial charge on any atom is 0.0674 e. The van der Waals surface area contributed by atoms with Crippen molar-refractivity contribution in [3.05, 3.63) is 0 Å². The Morgan fingerprint density at radius 1 is 1.30 bits per heavy atom. The minimum Gasteiger partial charge on any atom is -0.377 e. The van der Waals surface area contributed by atoms with Gasteiger partial charge in [0.2, 0.25) is 0 Å². The number of ether oxygens (including phenoxy) is 1. The fraction of sp³-hybridized carbons (Fsp3) is 1.00. The molecular formula is C17H34N2O. The third-order valence-corrected chi connectivity index (χ3v) is 5.84. The minimum absolute atomic E-state index is 0.351. The molecule has 1 aliphatic heterocycles. The van der Waals surface area contributed by atoms with Crippen LogP contribution in [0.1, 0.15) is 59.8 Å². The van der Waals surface area contributed by atoms with E-state index in [0.717, 1.165) is 32.0 Å². The average molecular weight is 282 g/mol. The Hall–Kier alpha value is -0.120. The quantitative estimate of drug-likeness (QED) is 0.864. The summed E-state index contributed by atoms with van der Waals surface area (Å²) in [5.74, 6) is 0.816. The maximum absolute atomic E-state index is 6.47. The topological polar surface area (TPSA) is 38.5 Å². The molecule has 4 atom stereocenters. The number of hydrogen-bond donors (Lipinski definition) is 1. The van der Waals surface area contributed by atoms with Gasteiger partial charge in [-0.05, 0) is 43.9 Å². The Morgan fingerprint density at radius 2 is 2.05 bits per heavy atom. The molecule has 2 aliphatic rings. The molecule has 0 spiro atoms. The van der Waals surface area contributed by atoms with Gasteiger partial charge >= 0.3 is 0 Å². The van der Waals surface area contributed by atoms with Crippen molar-refractivity contribution in [2.75, 3.05) is 19.7 Å². The zero-order chi connectivity index (χ0) is 14.8. The Morgan fingerprint density at radius 3 is 2.75 bits per heavy atom. The maximum atomic E-state index is 6.47. The monoisotopic (exact) mass is 282 g/mol. The first-order chi connectivity index (χ1) is 9.44. The molecule has 0 bridgehead atoms. The van der Waals surface area contributed by atoms with Gasteiger partial charge in [-0.15, -0.1) is 0 Å². The molecule has 1 aliphatic carbocycles. The SMILES string of the molecule is CCC(C)(C)C1CCC(N)C(N2CCCOC(C)C2)C1. The second-order valence-corrected chi connectivity index (χ2v) is 7.61. The molecule has 0 amide bonds. The lowest BCUT2D eigenvalue weighted by molar-refractivity contribution is 0.0328. The first kappa shape index (κ1) is 16.3. The van der Waals surface area contributed by atoms with E-state index in [1.807, 2.05) is 0 Å². The molecule has 4 unspecified atom stereocenters. The van der Waals surface area contributed by atoms with Gasteiger partial charge in [-0.25, -0.2) is 0 Å². The van der Waals surface area contributed by atoms with Crippen molar-refractivity contribution in [2.24, 2.45) is 17.1 Å². The van der Waals surface area contributed by atoms with Crippen LogP contribution in [0.15, 0.2) is 0 Å². The summed E-state index contributed by atoms with van der Waals surface area (Å²) in [6.07, 6.45) is 6.52. The lowest BCUT2D eigenvalue weighted by Gasteiger charge is -2.46. The van der Waals surface area contributed by atoms with Gasteiger partial charge in [0.1, 0.15) is 0 Å². The highest BCUT2D eigenvalue weighted by molar-refractivity contribution is 4.94. The first-order valence-corrected chi connectivity index (χ1v) is 8.55. The molecule has 1 heterocycles. The Balaban J connectivity index is 2.04. The molecule has 0 aromatic heterocycles. The van der Waals surface area contributed by atoms with Crippen molar-refractivity contribution in [3.63, 3.8) is 0 Å². The van der Waals surface area contributed by atoms with Crippen LogP contribution in [0.5, 0.6) is 0 Å². The van der Waals surface area contributed by atoms with Gasteiger partial charge in [0.15, 0.2) is 0 Å². The zero-order valence-corrected chi connectivity index (χ0v) is 13.9. The normalized spacial score (nSPS) is 37.6. The lowest BCUT2D eigenvalue weighted by atomic mass is 9.67. The molecule has 1 saturated heterocycles. The molecule has 2 fully saturated rings. The Kier molecular flexibility index (Phi) is 5.49. The average Bonchev–Trinajstić information content (AvgIpc) is 2.63. The van der Waals surface area contributed by atoms with Gasteiger partial charge in [0.05, 0.1) is 6.10 Å². The fourth-order valence-electron chi connectivity index (χ4n) is 3.92. The lowest BCUT2D eigenvalue weighted by Crippen LogP contribution is -2.54. The molecular weight excluding hydrogens is 248 g/mol. The van der Waals surface area contributed by atoms with Crippen LogP contribution in [0.2, 0.25) is 0 Å². The summed E-state index contributed by atoms with van der Waals surface area (Å²) in [5, 5.41) is 0. The standard InChI is InChI=1S/C17H34N2O/c1-5-17(3,4)14-7-8-15(18)16(11-14)19-9-6-10-20-13(2)12-19/h13-16H,5-12,18H2,1-4H3. The third kappa shape index (κ3) is 3.75. The summed E-state index contributed by atoms with van der Waals surface area (Å²) in [4.78, 5) is 2.63. The summed E-state index contributed by atoms with van der Waals surface area (Å²) < 4.78 is 5.79. The zero-order valence-electron chi connectivity index (χ0n) is 13.9. The molecule has 20 heavy (non-hydrogen) atoms. The number of hydrogen-bond acceptors (Lipinski definition) is 3. The van der Waals surface area contributed by atoms with E-state index in [2.05, 4.69) is 32.6 Å². The van der Waals surface area contributed by atoms with E-state index >= 15 is 0 Å². The highest BCUT2D eigenvalue weighted by Gasteiger charge is 2.38. The number of nitrogens with two attached hydrogens (primary N) is 1. The summed E-state index contributed by atoms with van der Waals surface area (Å²) in [6, 6.07) is 0.910. The van der Waals surface area contributed by atoms with Crippen LogP contribution in [0, 0.1) is 11.3 Å². The van der Waals surface area contributed by atoms with Gasteiger partial charge in [-0.3, -0.25) is 4.90 Å². The summed E-state index contributed by atoms with van der Waals surface area (Å²) in [5.41, 5.74) is 6.92. The fourth-order valence-corrected chi connectivity index (χ4v) is 3.92. The second kappa shape index (κ2) is 6.76. The third-order valence-electron chi connectivity index (χ3n) is 5.84. The van der Waals surface area contributed by atoms with E-state index in [1.165, 1.54) is 25.7 Å². The molecule has 3 nitrogen and oxygen atoms in total. The van der Waals surface area contributed by atoms with Crippen LogP contribution < -0.4 is 5.73 Å². The van der Waals surface area contributed by atoms with Crippen molar-refractivity contribution in [1.29, 1.82) is 0 Å². The van der Waals surface area contributed by atoms with E-state index < -0.39 is 0 Å². The van der Waals surface area contributed by atoms with Gasteiger partial charge in [0, 0.05) is 31.8 Å². The van der Waals surface area contributed by atoms with Crippen LogP contribution in [0.25, 0.3) is 0 Å². The molecule has 0 aromatic carbocycles. The molecule has 1 saturated carbocycles. The van der Waals surface area contributed by atoms with Gasteiger partial charge < -0.3 is 10.5 Å². The molecule has 3 heteroatoms. The number of rotatable bonds is 3. The highest BCUT2D eigenvalue weighted by Crippen LogP contribution is 2.41. The smallest absolute Gasteiger partial charge is 0.0674 e. The highest BCUT2D eigenvalue weighted by atomic mass is 16.5. The van der Waals surface area contributed by atoms with Gasteiger partial charge in [0.25, 0.3) is 0 Å². The summed E-state index contributed by atoms with van der Waals surface area (Å²) in [7, 11) is 0. The Labute approximate surface area is 125 Å². The molecule has 0 radical (unpaired) electrons. The first-order valence-electron chi connectivity index (χ1n) is 8.55. The summed E-state index contributed by atoms with van der Waals surface area (Å²) in [6.45, 7) is 12.5. The minimum atomic E-state index is 0.351. The van der Waals surface area contributed by atoms with Crippen molar-refractivity contribution >= 4 is 0 Å². The predicted molar refractivity (Wildman–Crippen MR) is 84.8 cm³/mol. The van der Waals surface area contributed by atoms with Crippen molar-refractivity contribution in [3.8, 4) is 0 Å². The molecule has 2 N–H and O–H groups in total. The van der Waals surface area contributed by atoms with Crippen LogP contribution >= 0.6 is 0 Å². The molecule has 2 rings (SSSR count). The van der Waals surface area contributed by atoms with E-state index in [0.29, 0.717) is 23.6 Å². The Bertz CT molecular complexity index is 305. The number of nitrogens with zero attached hydrogens (tertiary/aromatic N) is 1. The van der Waals surface area contributed by atoms with Crippen LogP contribution in [0.4, 0.5) is 0 Å². The largest absolute Gasteiger partial charge is 0.377 e. The molecule has 0 aromatic rings.